The quantitative estimate of drug-likeness (QED) is 0.894. The van der Waals surface area contributed by atoms with Crippen molar-refractivity contribution >= 4 is 27.7 Å². The van der Waals surface area contributed by atoms with Gasteiger partial charge in [0.15, 0.2) is 0 Å². The molecule has 0 aromatic carbocycles. The number of anilines is 2. The first kappa shape index (κ1) is 13.6. The molecule has 1 heterocycles. The monoisotopic (exact) mass is 312 g/mol. The number of nitrogens with one attached hydrogen (secondary N) is 2. The molecule has 1 aromatic heterocycles. The van der Waals surface area contributed by atoms with Crippen LogP contribution in [-0.2, 0) is 0 Å². The molecule has 0 amide bonds. The molecule has 0 radical (unpaired) electrons. The highest BCUT2D eigenvalue weighted by molar-refractivity contribution is 9.10. The van der Waals surface area contributed by atoms with Gasteiger partial charge in [-0.25, -0.2) is 4.98 Å². The molecular weight excluding hydrogens is 292 g/mol. The first-order valence-electron chi connectivity index (χ1n) is 6.50. The highest BCUT2D eigenvalue weighted by Crippen LogP contribution is 2.37. The summed E-state index contributed by atoms with van der Waals surface area (Å²) in [7, 11) is 1.83. The summed E-state index contributed by atoms with van der Waals surface area (Å²) in [6.45, 7) is 4.66. The SMILES string of the molecule is CNc1ncc(Br)c(NC2CCCCC2(C)C)n1. The Balaban J connectivity index is 2.17. The van der Waals surface area contributed by atoms with Crippen molar-refractivity contribution in [2.75, 3.05) is 17.7 Å². The number of hydrogen-bond acceptors (Lipinski definition) is 4. The van der Waals surface area contributed by atoms with Crippen molar-refractivity contribution in [3.63, 3.8) is 0 Å². The second-order valence-electron chi connectivity index (χ2n) is 5.57. The molecule has 100 valence electrons. The van der Waals surface area contributed by atoms with Crippen LogP contribution in [0.25, 0.3) is 0 Å². The molecule has 2 N–H and O–H groups in total. The first-order chi connectivity index (χ1) is 8.53. The molecule has 0 aliphatic heterocycles. The highest BCUT2D eigenvalue weighted by Gasteiger charge is 2.32. The number of nitrogens with zero attached hydrogens (tertiary/aromatic N) is 2. The molecule has 0 saturated heterocycles. The summed E-state index contributed by atoms with van der Waals surface area (Å²) in [5.41, 5.74) is 0.322. The third kappa shape index (κ3) is 2.94. The minimum atomic E-state index is 0.322. The fourth-order valence-corrected chi connectivity index (χ4v) is 2.82. The zero-order valence-electron chi connectivity index (χ0n) is 11.3. The van der Waals surface area contributed by atoms with Gasteiger partial charge in [0.25, 0.3) is 0 Å². The average Bonchev–Trinajstić information content (AvgIpc) is 2.34. The van der Waals surface area contributed by atoms with Crippen molar-refractivity contribution in [1.29, 1.82) is 0 Å². The standard InChI is InChI=1S/C13H21BrN4/c1-13(2)7-5-4-6-10(13)17-11-9(14)8-16-12(15-3)18-11/h8,10H,4-7H2,1-3H3,(H2,15,16,17,18). The van der Waals surface area contributed by atoms with E-state index in [9.17, 15) is 0 Å². The molecular formula is C13H21BrN4. The summed E-state index contributed by atoms with van der Waals surface area (Å²) < 4.78 is 0.919. The lowest BCUT2D eigenvalue weighted by Gasteiger charge is -2.39. The first-order valence-corrected chi connectivity index (χ1v) is 7.29. The Hall–Kier alpha value is -0.840. The molecule has 18 heavy (non-hydrogen) atoms. The fourth-order valence-electron chi connectivity index (χ4n) is 2.52. The largest absolute Gasteiger partial charge is 0.366 e. The van der Waals surface area contributed by atoms with E-state index in [0.717, 1.165) is 10.3 Å². The molecule has 1 aromatic rings. The van der Waals surface area contributed by atoms with E-state index >= 15 is 0 Å². The van der Waals surface area contributed by atoms with Crippen LogP contribution in [0.5, 0.6) is 0 Å². The summed E-state index contributed by atoms with van der Waals surface area (Å²) in [4.78, 5) is 8.65. The molecule has 1 aliphatic rings. The minimum absolute atomic E-state index is 0.322. The predicted molar refractivity (Wildman–Crippen MR) is 78.9 cm³/mol. The number of aromatic nitrogens is 2. The zero-order valence-corrected chi connectivity index (χ0v) is 12.8. The lowest BCUT2D eigenvalue weighted by Crippen LogP contribution is -2.39. The van der Waals surface area contributed by atoms with Crippen LogP contribution >= 0.6 is 15.9 Å². The van der Waals surface area contributed by atoms with Gasteiger partial charge in [0.2, 0.25) is 5.95 Å². The smallest absolute Gasteiger partial charge is 0.224 e. The van der Waals surface area contributed by atoms with Gasteiger partial charge in [0.1, 0.15) is 5.82 Å². The van der Waals surface area contributed by atoms with E-state index in [2.05, 4.69) is 50.4 Å². The van der Waals surface area contributed by atoms with Gasteiger partial charge in [0, 0.05) is 19.3 Å². The maximum absolute atomic E-state index is 4.47. The Morgan fingerprint density at radius 2 is 2.17 bits per heavy atom. The summed E-state index contributed by atoms with van der Waals surface area (Å²) >= 11 is 3.51. The molecule has 4 nitrogen and oxygen atoms in total. The Labute approximate surface area is 117 Å². The van der Waals surface area contributed by atoms with Crippen molar-refractivity contribution in [1.82, 2.24) is 9.97 Å². The van der Waals surface area contributed by atoms with Gasteiger partial charge in [-0.2, -0.15) is 4.98 Å². The second-order valence-corrected chi connectivity index (χ2v) is 6.43. The van der Waals surface area contributed by atoms with Crippen molar-refractivity contribution in [3.05, 3.63) is 10.7 Å². The van der Waals surface area contributed by atoms with Crippen LogP contribution in [0.2, 0.25) is 0 Å². The Morgan fingerprint density at radius 3 is 2.83 bits per heavy atom. The molecule has 1 fully saturated rings. The van der Waals surface area contributed by atoms with Crippen molar-refractivity contribution in [2.24, 2.45) is 5.41 Å². The van der Waals surface area contributed by atoms with Crippen LogP contribution in [-0.4, -0.2) is 23.1 Å². The maximum atomic E-state index is 4.47. The fraction of sp³-hybridized carbons (Fsp3) is 0.692. The molecule has 2 rings (SSSR count). The second kappa shape index (κ2) is 5.43. The number of rotatable bonds is 3. The average molecular weight is 313 g/mol. The van der Waals surface area contributed by atoms with Crippen molar-refractivity contribution < 1.29 is 0 Å². The van der Waals surface area contributed by atoms with Gasteiger partial charge in [-0.3, -0.25) is 0 Å². The lowest BCUT2D eigenvalue weighted by molar-refractivity contribution is 0.216. The molecule has 1 aliphatic carbocycles. The van der Waals surface area contributed by atoms with Crippen LogP contribution in [0.4, 0.5) is 11.8 Å². The predicted octanol–water partition coefficient (Wildman–Crippen LogP) is 3.66. The highest BCUT2D eigenvalue weighted by atomic mass is 79.9. The summed E-state index contributed by atoms with van der Waals surface area (Å²) in [5.74, 6) is 1.53. The Kier molecular flexibility index (Phi) is 4.10. The summed E-state index contributed by atoms with van der Waals surface area (Å²) in [5, 5.41) is 6.55. The van der Waals surface area contributed by atoms with E-state index in [0.29, 0.717) is 17.4 Å². The third-order valence-corrected chi connectivity index (χ3v) is 4.37. The third-order valence-electron chi connectivity index (χ3n) is 3.79. The van der Waals surface area contributed by atoms with E-state index in [4.69, 9.17) is 0 Å². The van der Waals surface area contributed by atoms with Crippen LogP contribution in [0.15, 0.2) is 10.7 Å². The van der Waals surface area contributed by atoms with Crippen LogP contribution < -0.4 is 10.6 Å². The van der Waals surface area contributed by atoms with E-state index in [1.54, 1.807) is 6.20 Å². The summed E-state index contributed by atoms with van der Waals surface area (Å²) in [6.07, 6.45) is 6.89. The molecule has 0 spiro atoms. The van der Waals surface area contributed by atoms with Crippen LogP contribution in [0.1, 0.15) is 39.5 Å². The molecule has 1 atom stereocenters. The van der Waals surface area contributed by atoms with E-state index in [1.807, 2.05) is 7.05 Å². The minimum Gasteiger partial charge on any atom is -0.366 e. The van der Waals surface area contributed by atoms with Gasteiger partial charge in [-0.15, -0.1) is 0 Å². The van der Waals surface area contributed by atoms with Gasteiger partial charge in [0.05, 0.1) is 4.47 Å². The van der Waals surface area contributed by atoms with Gasteiger partial charge < -0.3 is 10.6 Å². The number of halogens is 1. The van der Waals surface area contributed by atoms with Crippen molar-refractivity contribution in [2.45, 2.75) is 45.6 Å². The van der Waals surface area contributed by atoms with E-state index in [-0.39, 0.29) is 0 Å². The van der Waals surface area contributed by atoms with E-state index in [1.165, 1.54) is 25.7 Å². The van der Waals surface area contributed by atoms with Gasteiger partial charge in [-0.05, 0) is 34.2 Å². The topological polar surface area (TPSA) is 49.8 Å². The van der Waals surface area contributed by atoms with Crippen LogP contribution in [0.3, 0.4) is 0 Å². The van der Waals surface area contributed by atoms with Crippen molar-refractivity contribution in [3.8, 4) is 0 Å². The number of hydrogen-bond donors (Lipinski definition) is 2. The normalized spacial score (nSPS) is 22.6. The van der Waals surface area contributed by atoms with Gasteiger partial charge in [-0.1, -0.05) is 26.7 Å². The van der Waals surface area contributed by atoms with E-state index < -0.39 is 0 Å². The molecule has 1 saturated carbocycles. The molecule has 1 unspecified atom stereocenters. The Morgan fingerprint density at radius 1 is 1.39 bits per heavy atom. The van der Waals surface area contributed by atoms with Crippen LogP contribution in [0, 0.1) is 5.41 Å². The molecule has 5 heteroatoms. The van der Waals surface area contributed by atoms with Gasteiger partial charge >= 0.3 is 0 Å². The maximum Gasteiger partial charge on any atom is 0.224 e. The Bertz CT molecular complexity index is 419. The molecule has 0 bridgehead atoms. The summed E-state index contributed by atoms with van der Waals surface area (Å²) in [6, 6.07) is 0.474. The zero-order chi connectivity index (χ0) is 13.2. The lowest BCUT2D eigenvalue weighted by atomic mass is 9.73.